The number of aryl methyl sites for hydroxylation is 1. The molecule has 100 valence electrons. The molecule has 0 saturated heterocycles. The Labute approximate surface area is 110 Å². The molecule has 0 aliphatic carbocycles. The Kier molecular flexibility index (Phi) is 4.28. The zero-order chi connectivity index (χ0) is 13.7. The molecule has 0 radical (unpaired) electrons. The fourth-order valence-corrected chi connectivity index (χ4v) is 1.73. The molecule has 0 atom stereocenters. The number of aromatic nitrogens is 1. The molecule has 2 rings (SSSR count). The summed E-state index contributed by atoms with van der Waals surface area (Å²) in [6, 6.07) is 7.98. The van der Waals surface area contributed by atoms with Gasteiger partial charge in [-0.3, -0.25) is 4.79 Å². The predicted octanol–water partition coefficient (Wildman–Crippen LogP) is 2.02. The average molecular weight is 262 g/mol. The number of carbonyl (C=O) groups excluding carboxylic acids is 1. The van der Waals surface area contributed by atoms with Crippen LogP contribution in [0.2, 0.25) is 0 Å². The lowest BCUT2D eigenvalue weighted by Gasteiger charge is -2.04. The average Bonchev–Trinajstić information content (AvgIpc) is 2.77. The second-order valence-corrected chi connectivity index (χ2v) is 4.33. The summed E-state index contributed by atoms with van der Waals surface area (Å²) >= 11 is 0. The lowest BCUT2D eigenvalue weighted by Crippen LogP contribution is -2.27. The number of benzene rings is 1. The maximum atomic E-state index is 12.7. The molecule has 5 heteroatoms. The largest absolute Gasteiger partial charge is 0.361 e. The van der Waals surface area contributed by atoms with E-state index in [0.717, 1.165) is 5.56 Å². The van der Waals surface area contributed by atoms with Crippen molar-refractivity contribution in [2.24, 2.45) is 0 Å². The third kappa shape index (κ3) is 4.21. The fourth-order valence-electron chi connectivity index (χ4n) is 1.73. The highest BCUT2D eigenvalue weighted by molar-refractivity contribution is 5.78. The van der Waals surface area contributed by atoms with Crippen molar-refractivity contribution < 1.29 is 13.7 Å². The number of hydrogen-bond donors (Lipinski definition) is 1. The van der Waals surface area contributed by atoms with E-state index in [1.54, 1.807) is 25.1 Å². The zero-order valence-corrected chi connectivity index (χ0v) is 10.6. The Hall–Kier alpha value is -2.17. The van der Waals surface area contributed by atoms with Gasteiger partial charge >= 0.3 is 0 Å². The maximum Gasteiger partial charge on any atom is 0.226 e. The highest BCUT2D eigenvalue weighted by atomic mass is 19.1. The van der Waals surface area contributed by atoms with Crippen LogP contribution in [0, 0.1) is 12.7 Å². The van der Waals surface area contributed by atoms with Crippen LogP contribution < -0.4 is 5.32 Å². The molecular weight excluding hydrogens is 247 g/mol. The maximum absolute atomic E-state index is 12.7. The van der Waals surface area contributed by atoms with Crippen LogP contribution in [0.1, 0.15) is 17.0 Å². The number of amides is 1. The smallest absolute Gasteiger partial charge is 0.226 e. The molecule has 0 saturated carbocycles. The summed E-state index contributed by atoms with van der Waals surface area (Å²) in [6.45, 7) is 2.30. The molecule has 0 bridgehead atoms. The summed E-state index contributed by atoms with van der Waals surface area (Å²) in [5.41, 5.74) is 1.61. The van der Waals surface area contributed by atoms with Gasteiger partial charge in [0, 0.05) is 12.6 Å². The van der Waals surface area contributed by atoms with Gasteiger partial charge in [0.25, 0.3) is 0 Å². The van der Waals surface area contributed by atoms with E-state index in [-0.39, 0.29) is 18.1 Å². The Morgan fingerprint density at radius 1 is 1.37 bits per heavy atom. The van der Waals surface area contributed by atoms with E-state index >= 15 is 0 Å². The highest BCUT2D eigenvalue weighted by Crippen LogP contribution is 2.04. The van der Waals surface area contributed by atoms with Crippen molar-refractivity contribution in [1.82, 2.24) is 10.5 Å². The van der Waals surface area contributed by atoms with Crippen LogP contribution in [0.4, 0.5) is 4.39 Å². The first-order chi connectivity index (χ1) is 9.13. The topological polar surface area (TPSA) is 55.1 Å². The second kappa shape index (κ2) is 6.13. The second-order valence-electron chi connectivity index (χ2n) is 4.33. The first-order valence-corrected chi connectivity index (χ1v) is 6.07. The van der Waals surface area contributed by atoms with Gasteiger partial charge in [0.15, 0.2) is 0 Å². The van der Waals surface area contributed by atoms with Crippen molar-refractivity contribution in [3.63, 3.8) is 0 Å². The summed E-state index contributed by atoms with van der Waals surface area (Å²) in [5.74, 6) is 0.332. The third-order valence-corrected chi connectivity index (χ3v) is 2.67. The van der Waals surface area contributed by atoms with Crippen LogP contribution in [0.5, 0.6) is 0 Å². The van der Waals surface area contributed by atoms with Crippen LogP contribution in [-0.4, -0.2) is 17.6 Å². The SMILES string of the molecule is Cc1cc(CC(=O)NCCc2ccc(F)cc2)no1. The van der Waals surface area contributed by atoms with Gasteiger partial charge in [0.2, 0.25) is 5.91 Å². The molecule has 0 aliphatic rings. The number of hydrogen-bond acceptors (Lipinski definition) is 3. The summed E-state index contributed by atoms with van der Waals surface area (Å²) in [6.07, 6.45) is 0.880. The zero-order valence-electron chi connectivity index (χ0n) is 10.6. The van der Waals surface area contributed by atoms with E-state index in [9.17, 15) is 9.18 Å². The summed E-state index contributed by atoms with van der Waals surface area (Å²) in [7, 11) is 0. The van der Waals surface area contributed by atoms with Crippen LogP contribution in [0.15, 0.2) is 34.9 Å². The monoisotopic (exact) mass is 262 g/mol. The number of nitrogens with one attached hydrogen (secondary N) is 1. The number of halogens is 1. The van der Waals surface area contributed by atoms with Crippen LogP contribution >= 0.6 is 0 Å². The fraction of sp³-hybridized carbons (Fsp3) is 0.286. The molecule has 0 unspecified atom stereocenters. The lowest BCUT2D eigenvalue weighted by atomic mass is 10.1. The molecule has 1 N–H and O–H groups in total. The third-order valence-electron chi connectivity index (χ3n) is 2.67. The minimum atomic E-state index is -0.255. The molecule has 0 fully saturated rings. The van der Waals surface area contributed by atoms with Gasteiger partial charge in [-0.1, -0.05) is 17.3 Å². The molecule has 1 heterocycles. The first-order valence-electron chi connectivity index (χ1n) is 6.07. The van der Waals surface area contributed by atoms with Crippen LogP contribution in [-0.2, 0) is 17.6 Å². The van der Waals surface area contributed by atoms with E-state index in [1.807, 2.05) is 0 Å². The van der Waals surface area contributed by atoms with E-state index in [2.05, 4.69) is 10.5 Å². The normalized spacial score (nSPS) is 10.4. The molecule has 2 aromatic rings. The number of rotatable bonds is 5. The summed E-state index contributed by atoms with van der Waals surface area (Å²) in [5, 5.41) is 6.54. The Morgan fingerprint density at radius 2 is 2.11 bits per heavy atom. The molecule has 0 spiro atoms. The van der Waals surface area contributed by atoms with Crippen molar-refractivity contribution in [3.8, 4) is 0 Å². The van der Waals surface area contributed by atoms with Gasteiger partial charge in [-0.2, -0.15) is 0 Å². The number of nitrogens with zero attached hydrogens (tertiary/aromatic N) is 1. The van der Waals surface area contributed by atoms with E-state index in [1.165, 1.54) is 12.1 Å². The summed E-state index contributed by atoms with van der Waals surface area (Å²) < 4.78 is 17.6. The number of carbonyl (C=O) groups is 1. The minimum absolute atomic E-state index is 0.101. The minimum Gasteiger partial charge on any atom is -0.361 e. The quantitative estimate of drug-likeness (QED) is 0.897. The van der Waals surface area contributed by atoms with E-state index in [4.69, 9.17) is 4.52 Å². The van der Waals surface area contributed by atoms with Gasteiger partial charge in [0.05, 0.1) is 12.1 Å². The Morgan fingerprint density at radius 3 is 2.74 bits per heavy atom. The predicted molar refractivity (Wildman–Crippen MR) is 68.1 cm³/mol. The van der Waals surface area contributed by atoms with Gasteiger partial charge in [-0.15, -0.1) is 0 Å². The molecular formula is C14H15FN2O2. The van der Waals surface area contributed by atoms with Crippen molar-refractivity contribution in [2.45, 2.75) is 19.8 Å². The highest BCUT2D eigenvalue weighted by Gasteiger charge is 2.06. The molecule has 1 aromatic carbocycles. The van der Waals surface area contributed by atoms with E-state index < -0.39 is 0 Å². The standard InChI is InChI=1S/C14H15FN2O2/c1-10-8-13(17-19-10)9-14(18)16-7-6-11-2-4-12(15)5-3-11/h2-5,8H,6-7,9H2,1H3,(H,16,18). The van der Waals surface area contributed by atoms with Crippen molar-refractivity contribution in [2.75, 3.05) is 6.54 Å². The molecule has 1 amide bonds. The Bertz CT molecular complexity index is 549. The van der Waals surface area contributed by atoms with Gasteiger partial charge in [0.1, 0.15) is 11.6 Å². The van der Waals surface area contributed by atoms with Crippen molar-refractivity contribution in [1.29, 1.82) is 0 Å². The van der Waals surface area contributed by atoms with Gasteiger partial charge in [-0.05, 0) is 31.0 Å². The van der Waals surface area contributed by atoms with Gasteiger partial charge < -0.3 is 9.84 Å². The van der Waals surface area contributed by atoms with E-state index in [0.29, 0.717) is 24.4 Å². The summed E-state index contributed by atoms with van der Waals surface area (Å²) in [4.78, 5) is 11.6. The van der Waals surface area contributed by atoms with Gasteiger partial charge in [-0.25, -0.2) is 4.39 Å². The van der Waals surface area contributed by atoms with Crippen molar-refractivity contribution >= 4 is 5.91 Å². The van der Waals surface area contributed by atoms with Crippen molar-refractivity contribution in [3.05, 3.63) is 53.2 Å². The molecule has 0 aliphatic heterocycles. The molecule has 19 heavy (non-hydrogen) atoms. The molecule has 4 nitrogen and oxygen atoms in total. The molecule has 1 aromatic heterocycles. The van der Waals surface area contributed by atoms with Crippen LogP contribution in [0.25, 0.3) is 0 Å². The van der Waals surface area contributed by atoms with Crippen LogP contribution in [0.3, 0.4) is 0 Å². The first kappa shape index (κ1) is 13.3. The Balaban J connectivity index is 1.73. The lowest BCUT2D eigenvalue weighted by molar-refractivity contribution is -0.120.